The molecule has 0 spiro atoms. The normalized spacial score (nSPS) is 17.1. The Labute approximate surface area is 184 Å². The second-order valence-corrected chi connectivity index (χ2v) is 10.9. The van der Waals surface area contributed by atoms with Crippen LogP contribution in [-0.4, -0.2) is 32.3 Å². The lowest BCUT2D eigenvalue weighted by molar-refractivity contribution is 0.0777. The summed E-state index contributed by atoms with van der Waals surface area (Å²) >= 11 is 7.38. The van der Waals surface area contributed by atoms with Gasteiger partial charge in [0.15, 0.2) is 9.84 Å². The highest BCUT2D eigenvalue weighted by Gasteiger charge is 2.32. The number of benzene rings is 2. The van der Waals surface area contributed by atoms with Crippen molar-refractivity contribution in [1.29, 1.82) is 0 Å². The van der Waals surface area contributed by atoms with Crippen molar-refractivity contribution >= 4 is 44.3 Å². The predicted octanol–water partition coefficient (Wildman–Crippen LogP) is 5.29. The van der Waals surface area contributed by atoms with Crippen molar-refractivity contribution in [2.45, 2.75) is 17.1 Å². The quantitative estimate of drug-likeness (QED) is 0.527. The van der Waals surface area contributed by atoms with Crippen molar-refractivity contribution in [3.63, 3.8) is 0 Å². The smallest absolute Gasteiger partial charge is 0.264 e. The molecule has 7 heteroatoms. The van der Waals surface area contributed by atoms with Gasteiger partial charge in [-0.2, -0.15) is 0 Å². The predicted molar refractivity (Wildman–Crippen MR) is 121 cm³/mol. The molecule has 0 radical (unpaired) electrons. The second kappa shape index (κ2) is 7.38. The monoisotopic (exact) mass is 455 g/mol. The maximum Gasteiger partial charge on any atom is 0.264 e. The van der Waals surface area contributed by atoms with E-state index in [0.29, 0.717) is 34.1 Å². The summed E-state index contributed by atoms with van der Waals surface area (Å²) in [7, 11) is -3.47. The third-order valence-corrected chi connectivity index (χ3v) is 8.66. The fourth-order valence-electron chi connectivity index (χ4n) is 4.02. The van der Waals surface area contributed by atoms with E-state index in [1.807, 2.05) is 23.1 Å². The number of sulfone groups is 1. The Hall–Kier alpha value is -2.41. The van der Waals surface area contributed by atoms with Gasteiger partial charge in [-0.25, -0.2) is 8.42 Å². The number of amides is 1. The van der Waals surface area contributed by atoms with Crippen LogP contribution in [0, 0.1) is 0 Å². The van der Waals surface area contributed by atoms with Crippen LogP contribution in [0.1, 0.15) is 27.2 Å². The number of thiophene rings is 1. The molecule has 0 atom stereocenters. The summed E-state index contributed by atoms with van der Waals surface area (Å²) in [6.45, 7) is 1.20. The molecule has 30 heavy (non-hydrogen) atoms. The minimum atomic E-state index is -3.47. The number of hydrogen-bond acceptors (Lipinski definition) is 4. The highest BCUT2D eigenvalue weighted by molar-refractivity contribution is 7.91. The number of fused-ring (bicyclic) bond motifs is 3. The molecule has 0 N–H and O–H groups in total. The zero-order valence-electron chi connectivity index (χ0n) is 16.0. The molecule has 4 nitrogen and oxygen atoms in total. The summed E-state index contributed by atoms with van der Waals surface area (Å²) in [6.07, 6.45) is 2.91. The van der Waals surface area contributed by atoms with Gasteiger partial charge in [-0.3, -0.25) is 4.79 Å². The van der Waals surface area contributed by atoms with Gasteiger partial charge in [-0.05, 0) is 41.3 Å². The van der Waals surface area contributed by atoms with Crippen LogP contribution in [0.3, 0.4) is 0 Å². The van der Waals surface area contributed by atoms with E-state index in [4.69, 9.17) is 11.6 Å². The molecule has 3 heterocycles. The SMILES string of the molecule is O=C(c1cc2c(s1)-c1ccc(Cl)cc1S(=O)(=O)C2)N1CC=C(c2ccccc2)CC1. The number of hydrogen-bond donors (Lipinski definition) is 0. The Kier molecular flexibility index (Phi) is 4.81. The number of halogens is 1. The third kappa shape index (κ3) is 3.39. The average molecular weight is 456 g/mol. The van der Waals surface area contributed by atoms with E-state index in [2.05, 4.69) is 18.2 Å². The minimum Gasteiger partial charge on any atom is -0.334 e. The molecular weight excluding hydrogens is 438 g/mol. The summed E-state index contributed by atoms with van der Waals surface area (Å²) in [5.74, 6) is -0.150. The second-order valence-electron chi connectivity index (χ2n) is 7.46. The first kappa shape index (κ1) is 19.5. The van der Waals surface area contributed by atoms with Crippen molar-refractivity contribution < 1.29 is 13.2 Å². The average Bonchev–Trinajstić information content (AvgIpc) is 3.17. The van der Waals surface area contributed by atoms with Crippen molar-refractivity contribution in [1.82, 2.24) is 4.90 Å². The maximum absolute atomic E-state index is 13.1. The molecule has 1 aromatic heterocycles. The highest BCUT2D eigenvalue weighted by Crippen LogP contribution is 2.44. The van der Waals surface area contributed by atoms with Crippen LogP contribution in [0.4, 0.5) is 0 Å². The lowest BCUT2D eigenvalue weighted by atomic mass is 9.99. The molecule has 5 rings (SSSR count). The first-order valence-corrected chi connectivity index (χ1v) is 12.5. The van der Waals surface area contributed by atoms with Crippen LogP contribution in [0.25, 0.3) is 16.0 Å². The zero-order chi connectivity index (χ0) is 20.9. The van der Waals surface area contributed by atoms with Crippen molar-refractivity contribution in [3.8, 4) is 10.4 Å². The largest absolute Gasteiger partial charge is 0.334 e. The third-order valence-electron chi connectivity index (χ3n) is 5.53. The standard InChI is InChI=1S/C23H18ClNO3S2/c24-18-6-7-19-21(13-18)30(27,28)14-17-12-20(29-22(17)19)23(26)25-10-8-16(9-11-25)15-4-2-1-3-5-15/h1-8,12-13H,9-11,14H2. The Morgan fingerprint density at radius 2 is 1.87 bits per heavy atom. The van der Waals surface area contributed by atoms with Crippen molar-refractivity contribution in [2.75, 3.05) is 13.1 Å². The van der Waals surface area contributed by atoms with E-state index in [-0.39, 0.29) is 16.6 Å². The molecule has 0 fully saturated rings. The molecule has 0 saturated carbocycles. The molecule has 152 valence electrons. The molecule has 1 amide bonds. The molecule has 2 aromatic carbocycles. The van der Waals surface area contributed by atoms with Gasteiger partial charge in [0.05, 0.1) is 15.5 Å². The lowest BCUT2D eigenvalue weighted by Gasteiger charge is -2.26. The van der Waals surface area contributed by atoms with Gasteiger partial charge < -0.3 is 4.90 Å². The van der Waals surface area contributed by atoms with E-state index in [1.165, 1.54) is 28.5 Å². The van der Waals surface area contributed by atoms with Crippen LogP contribution in [0.5, 0.6) is 0 Å². The molecule has 2 aliphatic rings. The summed E-state index contributed by atoms with van der Waals surface area (Å²) in [5, 5.41) is 0.392. The van der Waals surface area contributed by atoms with Gasteiger partial charge in [-0.1, -0.05) is 54.1 Å². The zero-order valence-corrected chi connectivity index (χ0v) is 18.4. The van der Waals surface area contributed by atoms with Crippen molar-refractivity contribution in [2.24, 2.45) is 0 Å². The van der Waals surface area contributed by atoms with E-state index in [0.717, 1.165) is 11.3 Å². The van der Waals surface area contributed by atoms with Crippen molar-refractivity contribution in [3.05, 3.63) is 81.7 Å². The number of nitrogens with zero attached hydrogens (tertiary/aromatic N) is 1. The topological polar surface area (TPSA) is 54.5 Å². The van der Waals surface area contributed by atoms with Gasteiger partial charge in [0.2, 0.25) is 0 Å². The summed E-state index contributed by atoms with van der Waals surface area (Å²) in [6, 6.07) is 16.9. The van der Waals surface area contributed by atoms with Crippen LogP contribution in [0.2, 0.25) is 5.02 Å². The van der Waals surface area contributed by atoms with Crippen LogP contribution in [0.15, 0.2) is 65.6 Å². The molecule has 2 aliphatic heterocycles. The first-order chi connectivity index (χ1) is 14.4. The number of carbonyl (C=O) groups excluding carboxylic acids is 1. The Bertz CT molecular complexity index is 1290. The van der Waals surface area contributed by atoms with Crippen LogP contribution < -0.4 is 0 Å². The highest BCUT2D eigenvalue weighted by atomic mass is 35.5. The van der Waals surface area contributed by atoms with E-state index in [1.54, 1.807) is 18.2 Å². The maximum atomic E-state index is 13.1. The molecule has 0 bridgehead atoms. The van der Waals surface area contributed by atoms with Gasteiger partial charge in [0.25, 0.3) is 5.91 Å². The molecule has 0 saturated heterocycles. The van der Waals surface area contributed by atoms with Crippen LogP contribution >= 0.6 is 22.9 Å². The lowest BCUT2D eigenvalue weighted by Crippen LogP contribution is -2.34. The summed E-state index contributed by atoms with van der Waals surface area (Å²) in [4.78, 5) is 16.6. The fourth-order valence-corrected chi connectivity index (χ4v) is 7.20. The summed E-state index contributed by atoms with van der Waals surface area (Å²) < 4.78 is 25.4. The van der Waals surface area contributed by atoms with Gasteiger partial charge in [-0.15, -0.1) is 11.3 Å². The van der Waals surface area contributed by atoms with E-state index >= 15 is 0 Å². The van der Waals surface area contributed by atoms with E-state index < -0.39 is 9.84 Å². The first-order valence-electron chi connectivity index (χ1n) is 9.61. The summed E-state index contributed by atoms with van der Waals surface area (Å²) in [5.41, 5.74) is 3.77. The van der Waals surface area contributed by atoms with Gasteiger partial charge >= 0.3 is 0 Å². The van der Waals surface area contributed by atoms with E-state index in [9.17, 15) is 13.2 Å². The Balaban J connectivity index is 1.43. The number of rotatable bonds is 2. The molecular formula is C23H18ClNO3S2. The molecule has 3 aromatic rings. The Morgan fingerprint density at radius 1 is 1.07 bits per heavy atom. The minimum absolute atomic E-state index is 0.0503. The molecule has 0 unspecified atom stereocenters. The van der Waals surface area contributed by atoms with Crippen LogP contribution in [-0.2, 0) is 15.6 Å². The number of carbonyl (C=O) groups is 1. The molecule has 0 aliphatic carbocycles. The fraction of sp³-hybridized carbons (Fsp3) is 0.174. The Morgan fingerprint density at radius 3 is 2.60 bits per heavy atom. The van der Waals surface area contributed by atoms with Gasteiger partial charge in [0, 0.05) is 28.6 Å². The van der Waals surface area contributed by atoms with Gasteiger partial charge in [0.1, 0.15) is 0 Å².